The number of rotatable bonds is 11. The average Bonchev–Trinajstić information content (AvgIpc) is 2.88. The number of benzene rings is 2. The molecule has 5 heteroatoms. The largest absolute Gasteiger partial charge is 0.340 e. The molecule has 0 spiro atoms. The highest BCUT2D eigenvalue weighted by molar-refractivity contribution is 5.97. The van der Waals surface area contributed by atoms with Crippen LogP contribution in [-0.4, -0.2) is 60.4 Å². The van der Waals surface area contributed by atoms with Crippen LogP contribution < -0.4 is 5.32 Å². The molecule has 1 aliphatic rings. The van der Waals surface area contributed by atoms with Crippen molar-refractivity contribution in [1.29, 1.82) is 0 Å². The van der Waals surface area contributed by atoms with Gasteiger partial charge in [0.15, 0.2) is 0 Å². The summed E-state index contributed by atoms with van der Waals surface area (Å²) in [5.74, 6) is -0.132. The van der Waals surface area contributed by atoms with Crippen molar-refractivity contribution in [3.63, 3.8) is 0 Å². The fraction of sp³-hybridized carbons (Fsp3) is 0.448. The van der Waals surface area contributed by atoms with Crippen LogP contribution in [0.1, 0.15) is 61.0 Å². The van der Waals surface area contributed by atoms with Crippen molar-refractivity contribution in [2.24, 2.45) is 0 Å². The maximum absolute atomic E-state index is 13.2. The van der Waals surface area contributed by atoms with Gasteiger partial charge in [-0.3, -0.25) is 14.5 Å². The Morgan fingerprint density at radius 1 is 0.941 bits per heavy atom. The first-order valence-corrected chi connectivity index (χ1v) is 12.7. The summed E-state index contributed by atoms with van der Waals surface area (Å²) in [6.07, 6.45) is 9.15. The van der Waals surface area contributed by atoms with E-state index in [1.165, 1.54) is 11.1 Å². The van der Waals surface area contributed by atoms with Gasteiger partial charge >= 0.3 is 0 Å². The first kappa shape index (κ1) is 25.7. The van der Waals surface area contributed by atoms with E-state index in [1.54, 1.807) is 0 Å². The average molecular weight is 462 g/mol. The van der Waals surface area contributed by atoms with Gasteiger partial charge in [0, 0.05) is 38.3 Å². The predicted octanol–water partition coefficient (Wildman–Crippen LogP) is 4.79. The zero-order valence-corrected chi connectivity index (χ0v) is 20.7. The van der Waals surface area contributed by atoms with Gasteiger partial charge in [-0.2, -0.15) is 0 Å². The lowest BCUT2D eigenvalue weighted by molar-refractivity contribution is -0.135. The third kappa shape index (κ3) is 7.84. The second-order valence-corrected chi connectivity index (χ2v) is 9.05. The molecule has 182 valence electrons. The van der Waals surface area contributed by atoms with E-state index in [4.69, 9.17) is 0 Å². The van der Waals surface area contributed by atoms with Crippen LogP contribution in [0.3, 0.4) is 0 Å². The maximum atomic E-state index is 13.2. The van der Waals surface area contributed by atoms with E-state index in [0.29, 0.717) is 25.1 Å². The molecule has 5 nitrogen and oxygen atoms in total. The molecule has 0 radical (unpaired) electrons. The van der Waals surface area contributed by atoms with Gasteiger partial charge in [-0.25, -0.2) is 0 Å². The number of carbonyl (C=O) groups excluding carboxylic acids is 2. The summed E-state index contributed by atoms with van der Waals surface area (Å²) in [6.45, 7) is 8.18. The Labute approximate surface area is 204 Å². The molecule has 34 heavy (non-hydrogen) atoms. The lowest BCUT2D eigenvalue weighted by Crippen LogP contribution is -2.54. The quantitative estimate of drug-likeness (QED) is 0.524. The van der Waals surface area contributed by atoms with E-state index in [2.05, 4.69) is 41.4 Å². The first-order valence-electron chi connectivity index (χ1n) is 12.7. The molecular weight excluding hydrogens is 422 g/mol. The zero-order valence-electron chi connectivity index (χ0n) is 20.7. The van der Waals surface area contributed by atoms with E-state index >= 15 is 0 Å². The van der Waals surface area contributed by atoms with E-state index < -0.39 is 6.04 Å². The molecule has 1 atom stereocenters. The summed E-state index contributed by atoms with van der Waals surface area (Å²) in [5, 5.41) is 3.00. The molecule has 2 aromatic carbocycles. The van der Waals surface area contributed by atoms with E-state index in [-0.39, 0.29) is 11.8 Å². The van der Waals surface area contributed by atoms with Crippen LogP contribution in [0, 0.1) is 0 Å². The topological polar surface area (TPSA) is 52.7 Å². The molecule has 1 aliphatic heterocycles. The van der Waals surface area contributed by atoms with Crippen LogP contribution in [0.2, 0.25) is 0 Å². The van der Waals surface area contributed by atoms with Crippen molar-refractivity contribution in [3.05, 3.63) is 77.4 Å². The lowest BCUT2D eigenvalue weighted by atomic mass is 10.0. The highest BCUT2D eigenvalue weighted by Crippen LogP contribution is 2.11. The summed E-state index contributed by atoms with van der Waals surface area (Å²) in [6, 6.07) is 17.6. The monoisotopic (exact) mass is 461 g/mol. The number of hydrogen-bond acceptors (Lipinski definition) is 3. The van der Waals surface area contributed by atoms with Gasteiger partial charge in [-0.05, 0) is 42.5 Å². The van der Waals surface area contributed by atoms with Gasteiger partial charge in [-0.1, -0.05) is 81.3 Å². The molecule has 3 rings (SSSR count). The Hall–Kier alpha value is -2.92. The molecule has 0 aliphatic carbocycles. The molecule has 1 unspecified atom stereocenters. The maximum Gasteiger partial charge on any atom is 0.251 e. The Morgan fingerprint density at radius 2 is 1.65 bits per heavy atom. The minimum atomic E-state index is -0.471. The minimum Gasteiger partial charge on any atom is -0.340 e. The number of piperazine rings is 1. The molecule has 1 fully saturated rings. The van der Waals surface area contributed by atoms with E-state index in [0.717, 1.165) is 45.3 Å². The molecule has 2 aromatic rings. The lowest BCUT2D eigenvalue weighted by Gasteiger charge is -2.36. The number of unbranched alkanes of at least 4 members (excludes halogenated alkanes) is 1. The van der Waals surface area contributed by atoms with Gasteiger partial charge in [0.05, 0.1) is 0 Å². The fourth-order valence-electron chi connectivity index (χ4n) is 4.26. The third-order valence-corrected chi connectivity index (χ3v) is 6.37. The number of hydrogen-bond donors (Lipinski definition) is 1. The highest BCUT2D eigenvalue weighted by atomic mass is 16.2. The van der Waals surface area contributed by atoms with Gasteiger partial charge in [-0.15, -0.1) is 0 Å². The van der Waals surface area contributed by atoms with Crippen molar-refractivity contribution in [1.82, 2.24) is 15.1 Å². The molecule has 0 bridgehead atoms. The minimum absolute atomic E-state index is 0.0363. The Balaban J connectivity index is 1.49. The Morgan fingerprint density at radius 3 is 2.29 bits per heavy atom. The van der Waals surface area contributed by atoms with Crippen molar-refractivity contribution >= 4 is 17.9 Å². The van der Waals surface area contributed by atoms with E-state index in [9.17, 15) is 9.59 Å². The molecule has 0 saturated carbocycles. The van der Waals surface area contributed by atoms with Gasteiger partial charge in [0.2, 0.25) is 5.91 Å². The predicted molar refractivity (Wildman–Crippen MR) is 140 cm³/mol. The van der Waals surface area contributed by atoms with Crippen LogP contribution in [-0.2, 0) is 11.2 Å². The second kappa shape index (κ2) is 13.7. The second-order valence-electron chi connectivity index (χ2n) is 9.05. The normalized spacial score (nSPS) is 15.4. The highest BCUT2D eigenvalue weighted by Gasteiger charge is 2.28. The number of carbonyl (C=O) groups is 2. The zero-order chi connectivity index (χ0) is 24.2. The number of nitrogens with one attached hydrogen (secondary N) is 1. The van der Waals surface area contributed by atoms with Crippen molar-refractivity contribution < 1.29 is 9.59 Å². The van der Waals surface area contributed by atoms with Crippen molar-refractivity contribution in [3.8, 4) is 0 Å². The van der Waals surface area contributed by atoms with Crippen molar-refractivity contribution in [2.75, 3.05) is 32.7 Å². The van der Waals surface area contributed by atoms with Crippen molar-refractivity contribution in [2.45, 2.75) is 52.0 Å². The molecule has 2 amide bonds. The summed E-state index contributed by atoms with van der Waals surface area (Å²) in [4.78, 5) is 30.3. The SMILES string of the molecule is CCCCc1ccc(C(=O)NC(CCC)C(=O)N2CCN(C/C=C/c3ccccc3)CC2)cc1. The van der Waals surface area contributed by atoms with Crippen LogP contribution in [0.25, 0.3) is 6.08 Å². The smallest absolute Gasteiger partial charge is 0.251 e. The van der Waals surface area contributed by atoms with Gasteiger partial charge in [0.1, 0.15) is 6.04 Å². The Kier molecular flexibility index (Phi) is 10.4. The summed E-state index contributed by atoms with van der Waals surface area (Å²) in [5.41, 5.74) is 3.06. The standard InChI is InChI=1S/C29H39N3O2/c1-3-5-11-25-15-17-26(18-16-25)28(33)30-27(10-4-2)29(34)32-22-20-31(21-23-32)19-9-14-24-12-7-6-8-13-24/h6-9,12-18,27H,3-5,10-11,19-23H2,1-2H3,(H,30,33)/b14-9+. The fourth-order valence-corrected chi connectivity index (χ4v) is 4.26. The van der Waals surface area contributed by atoms with Crippen LogP contribution in [0.5, 0.6) is 0 Å². The number of amides is 2. The summed E-state index contributed by atoms with van der Waals surface area (Å²) in [7, 11) is 0. The number of nitrogens with zero attached hydrogens (tertiary/aromatic N) is 2. The van der Waals surface area contributed by atoms with Gasteiger partial charge in [0.25, 0.3) is 5.91 Å². The molecule has 0 aromatic heterocycles. The molecule has 1 saturated heterocycles. The van der Waals surface area contributed by atoms with Crippen LogP contribution in [0.15, 0.2) is 60.7 Å². The summed E-state index contributed by atoms with van der Waals surface area (Å²) < 4.78 is 0. The number of aryl methyl sites for hydroxylation is 1. The van der Waals surface area contributed by atoms with E-state index in [1.807, 2.05) is 54.3 Å². The molecule has 1 heterocycles. The van der Waals surface area contributed by atoms with Gasteiger partial charge < -0.3 is 10.2 Å². The van der Waals surface area contributed by atoms with Crippen LogP contribution >= 0.6 is 0 Å². The Bertz CT molecular complexity index is 916. The van der Waals surface area contributed by atoms with Crippen LogP contribution in [0.4, 0.5) is 0 Å². The molecular formula is C29H39N3O2. The molecule has 1 N–H and O–H groups in total. The third-order valence-electron chi connectivity index (χ3n) is 6.37. The summed E-state index contributed by atoms with van der Waals surface area (Å²) >= 11 is 0. The first-order chi connectivity index (χ1) is 16.6.